The van der Waals surface area contributed by atoms with Crippen molar-refractivity contribution in [3.8, 4) is 0 Å². The summed E-state index contributed by atoms with van der Waals surface area (Å²) < 4.78 is 0. The number of benzene rings is 1. The van der Waals surface area contributed by atoms with Crippen molar-refractivity contribution in [3.63, 3.8) is 0 Å². The largest absolute Gasteiger partial charge is 0.294 e. The zero-order valence-corrected chi connectivity index (χ0v) is 6.99. The molecule has 2 heteroatoms. The molecular weight excluding hydrogens is 150 g/mol. The number of hydrogen-bond donors (Lipinski definition) is 0. The Balaban J connectivity index is 1.79. The van der Waals surface area contributed by atoms with Gasteiger partial charge in [0.25, 0.3) is 0 Å². The van der Waals surface area contributed by atoms with E-state index >= 15 is 0 Å². The molecule has 0 atom stereocenters. The molecule has 0 saturated carbocycles. The SMILES string of the molecule is [c]1ccc(CON2CCC2)cc1. The first-order chi connectivity index (χ1) is 5.95. The van der Waals surface area contributed by atoms with Crippen molar-refractivity contribution in [1.82, 2.24) is 5.06 Å². The summed E-state index contributed by atoms with van der Waals surface area (Å²) in [4.78, 5) is 5.48. The van der Waals surface area contributed by atoms with E-state index in [2.05, 4.69) is 6.07 Å². The molecule has 0 aromatic heterocycles. The average Bonchev–Trinajstić information content (AvgIpc) is 2.04. The van der Waals surface area contributed by atoms with Gasteiger partial charge in [-0.2, -0.15) is 5.06 Å². The first kappa shape index (κ1) is 7.77. The van der Waals surface area contributed by atoms with Gasteiger partial charge in [0.15, 0.2) is 0 Å². The third-order valence-corrected chi connectivity index (χ3v) is 2.02. The van der Waals surface area contributed by atoms with Gasteiger partial charge in [-0.1, -0.05) is 24.3 Å². The van der Waals surface area contributed by atoms with E-state index in [1.54, 1.807) is 0 Å². The quantitative estimate of drug-likeness (QED) is 0.669. The van der Waals surface area contributed by atoms with Crippen LogP contribution in [0.5, 0.6) is 0 Å². The van der Waals surface area contributed by atoms with E-state index in [-0.39, 0.29) is 0 Å². The van der Waals surface area contributed by atoms with Crippen LogP contribution in [-0.2, 0) is 11.4 Å². The lowest BCUT2D eigenvalue weighted by atomic mass is 10.2. The van der Waals surface area contributed by atoms with Crippen molar-refractivity contribution in [2.24, 2.45) is 0 Å². The molecule has 0 amide bonds. The molecule has 12 heavy (non-hydrogen) atoms. The smallest absolute Gasteiger partial charge is 0.0935 e. The molecule has 0 N–H and O–H groups in total. The van der Waals surface area contributed by atoms with Crippen LogP contribution in [0.2, 0.25) is 0 Å². The molecule has 1 aliphatic heterocycles. The molecular formula is C10H12NO. The average molecular weight is 162 g/mol. The fourth-order valence-corrected chi connectivity index (χ4v) is 1.10. The lowest BCUT2D eigenvalue weighted by molar-refractivity contribution is -0.205. The summed E-state index contributed by atoms with van der Waals surface area (Å²) in [7, 11) is 0. The van der Waals surface area contributed by atoms with Crippen LogP contribution in [0.4, 0.5) is 0 Å². The second kappa shape index (κ2) is 3.70. The van der Waals surface area contributed by atoms with E-state index in [0.29, 0.717) is 6.61 Å². The van der Waals surface area contributed by atoms with Crippen molar-refractivity contribution in [1.29, 1.82) is 0 Å². The Morgan fingerprint density at radius 2 is 2.08 bits per heavy atom. The highest BCUT2D eigenvalue weighted by Crippen LogP contribution is 2.09. The maximum atomic E-state index is 5.48. The molecule has 1 fully saturated rings. The molecule has 0 aliphatic carbocycles. The third-order valence-electron chi connectivity index (χ3n) is 2.02. The van der Waals surface area contributed by atoms with E-state index < -0.39 is 0 Å². The van der Waals surface area contributed by atoms with E-state index in [1.807, 2.05) is 29.3 Å². The topological polar surface area (TPSA) is 12.5 Å². The van der Waals surface area contributed by atoms with E-state index in [0.717, 1.165) is 13.1 Å². The fourth-order valence-electron chi connectivity index (χ4n) is 1.10. The fraction of sp³-hybridized carbons (Fsp3) is 0.400. The minimum absolute atomic E-state index is 0.689. The molecule has 1 saturated heterocycles. The molecule has 2 rings (SSSR count). The zero-order valence-electron chi connectivity index (χ0n) is 6.99. The summed E-state index contributed by atoms with van der Waals surface area (Å²) in [6.45, 7) is 2.85. The third kappa shape index (κ3) is 1.84. The van der Waals surface area contributed by atoms with Crippen molar-refractivity contribution in [3.05, 3.63) is 35.9 Å². The first-order valence-electron chi connectivity index (χ1n) is 4.28. The van der Waals surface area contributed by atoms with Gasteiger partial charge in [0, 0.05) is 13.1 Å². The Morgan fingerprint density at radius 1 is 1.33 bits per heavy atom. The van der Waals surface area contributed by atoms with E-state index in [1.165, 1.54) is 12.0 Å². The Morgan fingerprint density at radius 3 is 2.67 bits per heavy atom. The van der Waals surface area contributed by atoms with Gasteiger partial charge >= 0.3 is 0 Å². The first-order valence-corrected chi connectivity index (χ1v) is 4.28. The molecule has 63 valence electrons. The lowest BCUT2D eigenvalue weighted by Crippen LogP contribution is -2.36. The van der Waals surface area contributed by atoms with Crippen molar-refractivity contribution in [2.75, 3.05) is 13.1 Å². The normalized spacial score (nSPS) is 17.3. The standard InChI is InChI=1S/C10H12NO/c1-2-5-10(6-3-1)9-12-11-7-4-8-11/h2-3,5-6H,4,7-9H2. The summed E-state index contributed by atoms with van der Waals surface area (Å²) >= 11 is 0. The minimum Gasteiger partial charge on any atom is -0.294 e. The molecule has 1 radical (unpaired) electrons. The van der Waals surface area contributed by atoms with Crippen LogP contribution in [0, 0.1) is 6.07 Å². The van der Waals surface area contributed by atoms with Gasteiger partial charge in [0.05, 0.1) is 6.61 Å². The number of hydroxylamine groups is 2. The zero-order chi connectivity index (χ0) is 8.23. The van der Waals surface area contributed by atoms with Crippen LogP contribution in [0.25, 0.3) is 0 Å². The highest BCUT2D eigenvalue weighted by molar-refractivity contribution is 5.12. The monoisotopic (exact) mass is 162 g/mol. The molecule has 0 spiro atoms. The van der Waals surface area contributed by atoms with Gasteiger partial charge in [-0.3, -0.25) is 4.84 Å². The number of rotatable bonds is 3. The van der Waals surface area contributed by atoms with E-state index in [9.17, 15) is 0 Å². The summed E-state index contributed by atoms with van der Waals surface area (Å²) in [5.74, 6) is 0. The molecule has 0 unspecified atom stereocenters. The van der Waals surface area contributed by atoms with Gasteiger partial charge in [-0.05, 0) is 18.1 Å². The Hall–Kier alpha value is -0.860. The highest BCUT2D eigenvalue weighted by Gasteiger charge is 2.13. The van der Waals surface area contributed by atoms with Gasteiger partial charge in [-0.25, -0.2) is 0 Å². The molecule has 1 heterocycles. The predicted octanol–water partition coefficient (Wildman–Crippen LogP) is 1.62. The minimum atomic E-state index is 0.689. The summed E-state index contributed by atoms with van der Waals surface area (Å²) in [5, 5.41) is 2.00. The number of hydrogen-bond acceptors (Lipinski definition) is 2. The van der Waals surface area contributed by atoms with Crippen LogP contribution >= 0.6 is 0 Å². The van der Waals surface area contributed by atoms with Crippen molar-refractivity contribution < 1.29 is 4.84 Å². The predicted molar refractivity (Wildman–Crippen MR) is 46.3 cm³/mol. The van der Waals surface area contributed by atoms with Gasteiger partial charge in [0.1, 0.15) is 0 Å². The highest BCUT2D eigenvalue weighted by atomic mass is 16.7. The van der Waals surface area contributed by atoms with Crippen LogP contribution < -0.4 is 0 Å². The molecule has 1 aromatic carbocycles. The maximum Gasteiger partial charge on any atom is 0.0935 e. The summed E-state index contributed by atoms with van der Waals surface area (Å²) in [5.41, 5.74) is 1.21. The Kier molecular flexibility index (Phi) is 2.39. The maximum absolute atomic E-state index is 5.48. The molecule has 2 nitrogen and oxygen atoms in total. The van der Waals surface area contributed by atoms with Gasteiger partial charge < -0.3 is 0 Å². The second-order valence-corrected chi connectivity index (χ2v) is 2.96. The van der Waals surface area contributed by atoms with Crippen LogP contribution in [0.3, 0.4) is 0 Å². The van der Waals surface area contributed by atoms with Crippen LogP contribution in [-0.4, -0.2) is 18.2 Å². The Labute approximate surface area is 72.7 Å². The second-order valence-electron chi connectivity index (χ2n) is 2.96. The van der Waals surface area contributed by atoms with Crippen LogP contribution in [0.15, 0.2) is 24.3 Å². The van der Waals surface area contributed by atoms with Crippen molar-refractivity contribution in [2.45, 2.75) is 13.0 Å². The molecule has 1 aliphatic rings. The van der Waals surface area contributed by atoms with E-state index in [4.69, 9.17) is 4.84 Å². The number of nitrogens with zero attached hydrogens (tertiary/aromatic N) is 1. The van der Waals surface area contributed by atoms with Gasteiger partial charge in [-0.15, -0.1) is 0 Å². The summed E-state index contributed by atoms with van der Waals surface area (Å²) in [6.07, 6.45) is 1.27. The molecule has 0 bridgehead atoms. The Bertz CT molecular complexity index is 231. The van der Waals surface area contributed by atoms with Gasteiger partial charge in [0.2, 0.25) is 0 Å². The lowest BCUT2D eigenvalue weighted by Gasteiger charge is -2.29. The van der Waals surface area contributed by atoms with Crippen LogP contribution in [0.1, 0.15) is 12.0 Å². The molecule has 1 aromatic rings. The van der Waals surface area contributed by atoms with Crippen molar-refractivity contribution >= 4 is 0 Å². The summed E-state index contributed by atoms with van der Waals surface area (Å²) in [6, 6.07) is 10.9.